The Morgan fingerprint density at radius 2 is 1.18 bits per heavy atom. The van der Waals surface area contributed by atoms with Crippen LogP contribution in [0.3, 0.4) is 0 Å². The molecule has 4 rings (SSSR count). The van der Waals surface area contributed by atoms with Crippen molar-refractivity contribution in [3.63, 3.8) is 0 Å². The molecule has 0 atom stereocenters. The lowest BCUT2D eigenvalue weighted by Crippen LogP contribution is -2.16. The van der Waals surface area contributed by atoms with E-state index in [-0.39, 0.29) is 56.9 Å². The minimum atomic E-state index is -0.920. The molecule has 1 aliphatic rings. The van der Waals surface area contributed by atoms with E-state index in [1.165, 1.54) is 31.2 Å². The molecule has 0 saturated heterocycles. The van der Waals surface area contributed by atoms with Crippen molar-refractivity contribution in [3.8, 4) is 28.4 Å². The summed E-state index contributed by atoms with van der Waals surface area (Å²) < 4.78 is 36.3. The number of hydrogen-bond acceptors (Lipinski definition) is 11. The van der Waals surface area contributed by atoms with Crippen LogP contribution in [0.2, 0.25) is 0 Å². The molecule has 0 saturated carbocycles. The maximum atomic E-state index is 12.9. The van der Waals surface area contributed by atoms with Gasteiger partial charge in [0.25, 0.3) is 0 Å². The van der Waals surface area contributed by atoms with Crippen molar-refractivity contribution in [2.75, 3.05) is 39.6 Å². The van der Waals surface area contributed by atoms with Crippen LogP contribution in [-0.2, 0) is 34.0 Å². The van der Waals surface area contributed by atoms with Crippen molar-refractivity contribution >= 4 is 24.1 Å². The van der Waals surface area contributed by atoms with E-state index < -0.39 is 23.5 Å². The molecule has 0 heterocycles. The molecular weight excluding hydrogens is 584 g/mol. The Kier molecular flexibility index (Phi) is 11.1. The van der Waals surface area contributed by atoms with Crippen molar-refractivity contribution < 1.29 is 52.3 Å². The zero-order valence-corrected chi connectivity index (χ0v) is 25.3. The first kappa shape index (κ1) is 32.9. The van der Waals surface area contributed by atoms with Crippen LogP contribution in [0.5, 0.6) is 17.2 Å². The van der Waals surface area contributed by atoms with E-state index in [9.17, 15) is 19.2 Å². The van der Waals surface area contributed by atoms with Crippen LogP contribution < -0.4 is 14.2 Å². The Morgan fingerprint density at radius 3 is 1.73 bits per heavy atom. The minimum absolute atomic E-state index is 0.0315. The summed E-state index contributed by atoms with van der Waals surface area (Å²) in [6.45, 7) is 9.77. The van der Waals surface area contributed by atoms with Gasteiger partial charge in [-0.2, -0.15) is 0 Å². The average molecular weight is 619 g/mol. The van der Waals surface area contributed by atoms with Gasteiger partial charge in [-0.25, -0.2) is 14.4 Å². The second kappa shape index (κ2) is 15.1. The van der Waals surface area contributed by atoms with Crippen LogP contribution in [0, 0.1) is 0 Å². The highest BCUT2D eigenvalue weighted by Gasteiger charge is 2.36. The third kappa shape index (κ3) is 8.78. The van der Waals surface area contributed by atoms with Gasteiger partial charge in [-0.3, -0.25) is 4.79 Å². The van der Waals surface area contributed by atoms with Gasteiger partial charge < -0.3 is 33.2 Å². The molecule has 11 nitrogen and oxygen atoms in total. The molecule has 3 aromatic carbocycles. The predicted octanol–water partition coefficient (Wildman–Crippen LogP) is 5.42. The van der Waals surface area contributed by atoms with Gasteiger partial charge in [-0.1, -0.05) is 32.6 Å². The summed E-state index contributed by atoms with van der Waals surface area (Å²) >= 11 is 0. The molecular formula is C34H34O11. The van der Waals surface area contributed by atoms with Crippen LogP contribution in [0.1, 0.15) is 42.3 Å². The van der Waals surface area contributed by atoms with Gasteiger partial charge in [0.2, 0.25) is 0 Å². The third-order valence-electron chi connectivity index (χ3n) is 6.84. The number of ether oxygens (including phenoxy) is 7. The summed E-state index contributed by atoms with van der Waals surface area (Å²) in [6.07, 6.45) is 0.152. The molecule has 0 N–H and O–H groups in total. The topological polar surface area (TPSA) is 133 Å². The Hall–Kier alpha value is -5.00. The molecule has 1 aliphatic carbocycles. The summed E-state index contributed by atoms with van der Waals surface area (Å²) in [5.41, 5.74) is 3.87. The third-order valence-corrected chi connectivity index (χ3v) is 6.84. The van der Waals surface area contributed by atoms with Crippen LogP contribution in [0.25, 0.3) is 11.1 Å². The molecule has 0 spiro atoms. The van der Waals surface area contributed by atoms with Crippen LogP contribution in [0.15, 0.2) is 73.3 Å². The molecule has 0 bridgehead atoms. The molecule has 45 heavy (non-hydrogen) atoms. The highest BCUT2D eigenvalue weighted by molar-refractivity contribution is 5.91. The number of benzene rings is 3. The van der Waals surface area contributed by atoms with Gasteiger partial charge >= 0.3 is 24.1 Å². The first-order chi connectivity index (χ1) is 21.6. The largest absolute Gasteiger partial charge is 0.513 e. The summed E-state index contributed by atoms with van der Waals surface area (Å²) in [5.74, 6) is -0.432. The van der Waals surface area contributed by atoms with Crippen molar-refractivity contribution in [1.29, 1.82) is 0 Å². The lowest BCUT2D eigenvalue weighted by molar-refractivity contribution is -0.139. The van der Waals surface area contributed by atoms with Gasteiger partial charge in [-0.05, 0) is 70.8 Å². The second-order valence-corrected chi connectivity index (χ2v) is 10.3. The summed E-state index contributed by atoms with van der Waals surface area (Å²) in [7, 11) is 0. The van der Waals surface area contributed by atoms with E-state index in [0.717, 1.165) is 28.3 Å². The fourth-order valence-corrected chi connectivity index (χ4v) is 4.71. The van der Waals surface area contributed by atoms with E-state index in [4.69, 9.17) is 33.2 Å². The van der Waals surface area contributed by atoms with Gasteiger partial charge in [0.15, 0.2) is 0 Å². The maximum Gasteiger partial charge on any atom is 0.513 e. The highest BCUT2D eigenvalue weighted by atomic mass is 16.7. The zero-order chi connectivity index (χ0) is 32.4. The maximum absolute atomic E-state index is 12.9. The van der Waals surface area contributed by atoms with Gasteiger partial charge in [0, 0.05) is 18.4 Å². The average Bonchev–Trinajstić information content (AvgIpc) is 3.23. The lowest BCUT2D eigenvalue weighted by Gasteiger charge is -2.22. The van der Waals surface area contributed by atoms with Gasteiger partial charge in [-0.15, -0.1) is 0 Å². The minimum Gasteiger partial charge on any atom is -0.460 e. The second-order valence-electron chi connectivity index (χ2n) is 10.3. The van der Waals surface area contributed by atoms with E-state index in [1.807, 2.05) is 24.3 Å². The Bertz CT molecular complexity index is 1560. The number of carbonyl (C=O) groups excluding carboxylic acids is 4. The Balaban J connectivity index is 1.21. The number of fused-ring (bicyclic) bond motifs is 3. The first-order valence-corrected chi connectivity index (χ1v) is 14.2. The smallest absolute Gasteiger partial charge is 0.460 e. The van der Waals surface area contributed by atoms with Gasteiger partial charge in [0.05, 0.1) is 32.0 Å². The number of hydrogen-bond donors (Lipinski definition) is 0. The van der Waals surface area contributed by atoms with Gasteiger partial charge in [0.1, 0.15) is 30.5 Å². The van der Waals surface area contributed by atoms with E-state index >= 15 is 0 Å². The normalized spacial score (nSPS) is 12.3. The highest BCUT2D eigenvalue weighted by Crippen LogP contribution is 2.50. The number of carbonyl (C=O) groups is 4. The monoisotopic (exact) mass is 618 g/mol. The van der Waals surface area contributed by atoms with Crippen LogP contribution in [0.4, 0.5) is 4.79 Å². The fourth-order valence-electron chi connectivity index (χ4n) is 4.71. The molecule has 3 aromatic rings. The quantitative estimate of drug-likeness (QED) is 0.0754. The van der Waals surface area contributed by atoms with E-state index in [0.29, 0.717) is 11.5 Å². The SMILES string of the molecule is C=CC(=O)OCCOCCOCCOC(=O)Oc1ccc(C(=O)Oc2ccc3c(c2)C(C)(C)c2cc(OC(C)=O)ccc2-3)cc1. The lowest BCUT2D eigenvalue weighted by atomic mass is 9.82. The zero-order valence-electron chi connectivity index (χ0n) is 25.3. The molecule has 0 aliphatic heterocycles. The summed E-state index contributed by atoms with van der Waals surface area (Å²) in [4.78, 5) is 47.1. The van der Waals surface area contributed by atoms with Crippen molar-refractivity contribution in [2.24, 2.45) is 0 Å². The van der Waals surface area contributed by atoms with Crippen molar-refractivity contribution in [1.82, 2.24) is 0 Å². The predicted molar refractivity (Wildman–Crippen MR) is 161 cm³/mol. The van der Waals surface area contributed by atoms with E-state index in [1.54, 1.807) is 12.1 Å². The molecule has 0 amide bonds. The standard InChI is InChI=1S/C34H34O11/c1-5-31(36)41-18-16-39-14-15-40-17-19-42-33(38)45-24-8-6-23(7-9-24)32(37)44-26-11-13-28-27-12-10-25(43-22(2)35)20-29(27)34(3,4)30(28)21-26/h5-13,20-21H,1,14-19H2,2-4H3. The van der Waals surface area contributed by atoms with Crippen molar-refractivity contribution in [3.05, 3.63) is 90.0 Å². The summed E-state index contributed by atoms with van der Waals surface area (Å²) in [6, 6.07) is 16.9. The number of rotatable bonds is 14. The first-order valence-electron chi connectivity index (χ1n) is 14.2. The Labute approximate surface area is 260 Å². The molecule has 11 heteroatoms. The molecule has 0 aromatic heterocycles. The van der Waals surface area contributed by atoms with Crippen LogP contribution in [-0.4, -0.2) is 63.7 Å². The molecule has 236 valence electrons. The summed E-state index contributed by atoms with van der Waals surface area (Å²) in [5, 5.41) is 0. The molecule has 0 unspecified atom stereocenters. The van der Waals surface area contributed by atoms with Crippen LogP contribution >= 0.6 is 0 Å². The fraction of sp³-hybridized carbons (Fsp3) is 0.294. The Morgan fingerprint density at radius 1 is 0.667 bits per heavy atom. The number of esters is 3. The molecule has 0 radical (unpaired) electrons. The van der Waals surface area contributed by atoms with E-state index in [2.05, 4.69) is 20.4 Å². The molecule has 0 fully saturated rings. The van der Waals surface area contributed by atoms with Crippen molar-refractivity contribution in [2.45, 2.75) is 26.2 Å².